The van der Waals surface area contributed by atoms with E-state index in [0.717, 1.165) is 50.8 Å². The molecule has 1 aromatic heterocycles. The van der Waals surface area contributed by atoms with Crippen LogP contribution in [0.15, 0.2) is 24.5 Å². The zero-order valence-electron chi connectivity index (χ0n) is 16.0. The molecule has 3 saturated heterocycles. The summed E-state index contributed by atoms with van der Waals surface area (Å²) in [6, 6.07) is 4.45. The summed E-state index contributed by atoms with van der Waals surface area (Å²) >= 11 is 0. The average molecular weight is 452 g/mol. The second-order valence-electron chi connectivity index (χ2n) is 7.86. The lowest BCUT2D eigenvalue weighted by molar-refractivity contribution is 0.0956. The molecule has 3 aliphatic rings. The van der Waals surface area contributed by atoms with Gasteiger partial charge in [0.25, 0.3) is 0 Å². The van der Waals surface area contributed by atoms with Crippen molar-refractivity contribution < 1.29 is 13.2 Å². The number of ether oxygens (including phenoxy) is 1. The molecule has 3 fully saturated rings. The maximum absolute atomic E-state index is 12.9. The Kier molecular flexibility index (Phi) is 8.82. The summed E-state index contributed by atoms with van der Waals surface area (Å²) in [5.41, 5.74) is 0. The maximum Gasteiger partial charge on any atom is 0.214 e. The lowest BCUT2D eigenvalue weighted by atomic mass is 10.0. The zero-order valence-corrected chi connectivity index (χ0v) is 18.5. The summed E-state index contributed by atoms with van der Waals surface area (Å²) in [6.07, 6.45) is 11.2. The summed E-state index contributed by atoms with van der Waals surface area (Å²) < 4.78 is 33.8. The van der Waals surface area contributed by atoms with E-state index in [2.05, 4.69) is 10.3 Å². The first-order valence-corrected chi connectivity index (χ1v) is 11.5. The number of nitrogens with one attached hydrogen (secondary N) is 1. The predicted octanol–water partition coefficient (Wildman–Crippen LogP) is 3.16. The lowest BCUT2D eigenvalue weighted by Gasteiger charge is -2.38. The first kappa shape index (κ1) is 23.7. The van der Waals surface area contributed by atoms with E-state index < -0.39 is 10.0 Å². The number of hydrogen-bond donors (Lipinski definition) is 1. The molecule has 3 aliphatic heterocycles. The molecule has 0 radical (unpaired) electrons. The van der Waals surface area contributed by atoms with E-state index in [4.69, 9.17) is 4.74 Å². The molecule has 9 heteroatoms. The van der Waals surface area contributed by atoms with Crippen molar-refractivity contribution in [3.63, 3.8) is 0 Å². The number of rotatable bonds is 7. The lowest BCUT2D eigenvalue weighted by Crippen LogP contribution is -2.49. The highest BCUT2D eigenvalue weighted by molar-refractivity contribution is 7.89. The summed E-state index contributed by atoms with van der Waals surface area (Å²) in [5.74, 6) is 1.11. The third kappa shape index (κ3) is 5.51. The van der Waals surface area contributed by atoms with Crippen molar-refractivity contribution in [1.82, 2.24) is 14.6 Å². The van der Waals surface area contributed by atoms with Gasteiger partial charge in [-0.1, -0.05) is 0 Å². The minimum atomic E-state index is -3.17. The third-order valence-corrected chi connectivity index (χ3v) is 8.06. The van der Waals surface area contributed by atoms with Crippen LogP contribution in [0.4, 0.5) is 0 Å². The second kappa shape index (κ2) is 10.4. The summed E-state index contributed by atoms with van der Waals surface area (Å²) in [6.45, 7) is 1.08. The summed E-state index contributed by atoms with van der Waals surface area (Å²) in [7, 11) is -3.17. The highest BCUT2D eigenvalue weighted by atomic mass is 35.5. The van der Waals surface area contributed by atoms with Crippen LogP contribution in [0.1, 0.15) is 51.4 Å². The Bertz CT molecular complexity index is 688. The Balaban J connectivity index is 0.00000140. The number of pyridine rings is 1. The van der Waals surface area contributed by atoms with E-state index in [9.17, 15) is 8.42 Å². The standard InChI is InChI=1S/C19H29N3O3S.2ClH/c23-26(24,12-2-4-15-3-1-9-21-15)22-16-5-6-17(22)14-19(13-16)25-18-7-10-20-11-8-18;;/h7-8,10-11,15-17,19,21H,1-6,9,12-14H2;2*1H/t15-,16-,17+,19-;;/m0../s1. The fraction of sp³-hybridized carbons (Fsp3) is 0.737. The van der Waals surface area contributed by atoms with Crippen LogP contribution >= 0.6 is 24.8 Å². The monoisotopic (exact) mass is 451 g/mol. The molecule has 4 rings (SSSR count). The van der Waals surface area contributed by atoms with Gasteiger partial charge in [0.05, 0.1) is 5.75 Å². The van der Waals surface area contributed by atoms with Crippen molar-refractivity contribution in [2.45, 2.75) is 75.6 Å². The van der Waals surface area contributed by atoms with Gasteiger partial charge in [-0.15, -0.1) is 24.8 Å². The van der Waals surface area contributed by atoms with Gasteiger partial charge in [-0.3, -0.25) is 4.98 Å². The molecule has 160 valence electrons. The van der Waals surface area contributed by atoms with Gasteiger partial charge in [0, 0.05) is 43.4 Å². The number of aromatic nitrogens is 1. The number of nitrogens with zero attached hydrogens (tertiary/aromatic N) is 2. The highest BCUT2D eigenvalue weighted by Crippen LogP contribution is 2.39. The van der Waals surface area contributed by atoms with Crippen LogP contribution in [0.2, 0.25) is 0 Å². The van der Waals surface area contributed by atoms with Crippen molar-refractivity contribution in [3.05, 3.63) is 24.5 Å². The average Bonchev–Trinajstić information content (AvgIpc) is 3.23. The van der Waals surface area contributed by atoms with E-state index in [1.807, 2.05) is 16.4 Å². The molecule has 4 atom stereocenters. The Hall–Kier alpha value is -0.600. The van der Waals surface area contributed by atoms with Crippen LogP contribution < -0.4 is 10.1 Å². The van der Waals surface area contributed by atoms with Crippen LogP contribution in [0.5, 0.6) is 5.75 Å². The van der Waals surface area contributed by atoms with Crippen molar-refractivity contribution in [1.29, 1.82) is 0 Å². The molecule has 0 unspecified atom stereocenters. The van der Waals surface area contributed by atoms with E-state index in [0.29, 0.717) is 6.04 Å². The topological polar surface area (TPSA) is 71.5 Å². The number of piperidine rings is 1. The van der Waals surface area contributed by atoms with Crippen LogP contribution in [-0.2, 0) is 10.0 Å². The SMILES string of the molecule is Cl.Cl.O=S(=O)(CCC[C@@H]1CCCN1)N1[C@@H]2CC[C@H]1C[C@H](Oc1ccncc1)C2. The molecule has 2 bridgehead atoms. The van der Waals surface area contributed by atoms with Gasteiger partial charge in [-0.05, 0) is 57.2 Å². The van der Waals surface area contributed by atoms with Crippen LogP contribution in [0.25, 0.3) is 0 Å². The Morgan fingerprint density at radius 3 is 2.39 bits per heavy atom. The van der Waals surface area contributed by atoms with Crippen molar-refractivity contribution in [3.8, 4) is 5.75 Å². The van der Waals surface area contributed by atoms with E-state index in [-0.39, 0.29) is 48.8 Å². The van der Waals surface area contributed by atoms with Crippen molar-refractivity contribution in [2.75, 3.05) is 12.3 Å². The largest absolute Gasteiger partial charge is 0.490 e. The molecule has 1 N–H and O–H groups in total. The molecular weight excluding hydrogens is 421 g/mol. The summed E-state index contributed by atoms with van der Waals surface area (Å²) in [4.78, 5) is 4.01. The third-order valence-electron chi connectivity index (χ3n) is 6.01. The molecule has 0 aromatic carbocycles. The fourth-order valence-electron chi connectivity index (χ4n) is 4.86. The molecule has 6 nitrogen and oxygen atoms in total. The van der Waals surface area contributed by atoms with E-state index >= 15 is 0 Å². The molecular formula is C19H31Cl2N3O3S. The van der Waals surface area contributed by atoms with E-state index in [1.165, 1.54) is 12.8 Å². The number of fused-ring (bicyclic) bond motifs is 2. The molecule has 0 amide bonds. The molecule has 4 heterocycles. The van der Waals surface area contributed by atoms with Crippen LogP contribution in [0, 0.1) is 0 Å². The zero-order chi connectivity index (χ0) is 18.0. The van der Waals surface area contributed by atoms with Crippen LogP contribution in [-0.4, -0.2) is 54.2 Å². The van der Waals surface area contributed by atoms with Crippen molar-refractivity contribution in [2.24, 2.45) is 0 Å². The Morgan fingerprint density at radius 1 is 1.11 bits per heavy atom. The van der Waals surface area contributed by atoms with Gasteiger partial charge in [-0.2, -0.15) is 4.31 Å². The first-order valence-electron chi connectivity index (χ1n) is 9.93. The maximum atomic E-state index is 12.9. The van der Waals surface area contributed by atoms with Gasteiger partial charge in [0.1, 0.15) is 11.9 Å². The Labute approximate surface area is 180 Å². The van der Waals surface area contributed by atoms with Gasteiger partial charge in [-0.25, -0.2) is 8.42 Å². The van der Waals surface area contributed by atoms with Crippen LogP contribution in [0.3, 0.4) is 0 Å². The normalized spacial score (nSPS) is 29.7. The molecule has 1 aromatic rings. The molecule has 0 spiro atoms. The Morgan fingerprint density at radius 2 is 1.79 bits per heavy atom. The smallest absolute Gasteiger partial charge is 0.214 e. The second-order valence-corrected chi connectivity index (χ2v) is 9.85. The molecule has 28 heavy (non-hydrogen) atoms. The number of sulfonamides is 1. The van der Waals surface area contributed by atoms with Gasteiger partial charge < -0.3 is 10.1 Å². The van der Waals surface area contributed by atoms with Gasteiger partial charge in [0.15, 0.2) is 0 Å². The first-order chi connectivity index (χ1) is 12.6. The number of halogens is 2. The highest BCUT2D eigenvalue weighted by Gasteiger charge is 2.47. The molecule has 0 saturated carbocycles. The minimum absolute atomic E-state index is 0. The number of hydrogen-bond acceptors (Lipinski definition) is 5. The van der Waals surface area contributed by atoms with E-state index in [1.54, 1.807) is 12.4 Å². The predicted molar refractivity (Wildman–Crippen MR) is 115 cm³/mol. The van der Waals surface area contributed by atoms with Crippen molar-refractivity contribution >= 4 is 34.8 Å². The quantitative estimate of drug-likeness (QED) is 0.688. The summed E-state index contributed by atoms with van der Waals surface area (Å²) in [5, 5.41) is 3.45. The van der Waals surface area contributed by atoms with Gasteiger partial charge in [0.2, 0.25) is 10.0 Å². The fourth-order valence-corrected chi connectivity index (χ4v) is 6.90. The van der Waals surface area contributed by atoms with Gasteiger partial charge >= 0.3 is 0 Å². The molecule has 0 aliphatic carbocycles. The minimum Gasteiger partial charge on any atom is -0.490 e.